The highest BCUT2D eigenvalue weighted by Gasteiger charge is 1.86. The van der Waals surface area contributed by atoms with E-state index in [1.807, 2.05) is 0 Å². The van der Waals surface area contributed by atoms with Crippen molar-refractivity contribution in [3.8, 4) is 0 Å². The molecule has 0 rings (SSSR count). The fourth-order valence-electron chi connectivity index (χ4n) is 0.531. The van der Waals surface area contributed by atoms with Crippen LogP contribution in [0, 0.1) is 0 Å². The number of aliphatic hydroxyl groups is 1. The van der Waals surface area contributed by atoms with Crippen molar-refractivity contribution in [2.24, 2.45) is 0 Å². The SMILES string of the molecule is CCCOCCOCCO. The number of hydrogen-bond donors (Lipinski definition) is 1. The van der Waals surface area contributed by atoms with Gasteiger partial charge in [-0.05, 0) is 6.42 Å². The first-order valence-corrected chi connectivity index (χ1v) is 3.68. The second-order valence-corrected chi connectivity index (χ2v) is 1.95. The molecular weight excluding hydrogens is 132 g/mol. The minimum atomic E-state index is 0.0910. The van der Waals surface area contributed by atoms with E-state index in [-0.39, 0.29) is 6.61 Å². The van der Waals surface area contributed by atoms with Gasteiger partial charge in [-0.15, -0.1) is 0 Å². The van der Waals surface area contributed by atoms with Crippen LogP contribution < -0.4 is 0 Å². The second kappa shape index (κ2) is 8.88. The summed E-state index contributed by atoms with van der Waals surface area (Å²) in [4.78, 5) is 0. The largest absolute Gasteiger partial charge is 0.394 e. The first kappa shape index (κ1) is 9.88. The van der Waals surface area contributed by atoms with Crippen LogP contribution in [0.3, 0.4) is 0 Å². The van der Waals surface area contributed by atoms with Crippen molar-refractivity contribution in [3.63, 3.8) is 0 Å². The van der Waals surface area contributed by atoms with Crippen LogP contribution in [0.5, 0.6) is 0 Å². The number of rotatable bonds is 7. The molecule has 0 aromatic heterocycles. The molecule has 0 spiro atoms. The zero-order valence-electron chi connectivity index (χ0n) is 6.51. The molecule has 0 bridgehead atoms. The predicted molar refractivity (Wildman–Crippen MR) is 39.0 cm³/mol. The summed E-state index contributed by atoms with van der Waals surface area (Å²) in [5.41, 5.74) is 0. The van der Waals surface area contributed by atoms with Gasteiger partial charge in [-0.25, -0.2) is 0 Å². The van der Waals surface area contributed by atoms with Gasteiger partial charge < -0.3 is 14.6 Å². The summed E-state index contributed by atoms with van der Waals surface area (Å²) in [6.07, 6.45) is 1.04. The summed E-state index contributed by atoms with van der Waals surface area (Å²) in [6.45, 7) is 4.58. The van der Waals surface area contributed by atoms with E-state index in [0.29, 0.717) is 19.8 Å². The minimum Gasteiger partial charge on any atom is -0.394 e. The lowest BCUT2D eigenvalue weighted by molar-refractivity contribution is 0.0333. The summed E-state index contributed by atoms with van der Waals surface area (Å²) in [5, 5.41) is 8.30. The quantitative estimate of drug-likeness (QED) is 0.532. The van der Waals surface area contributed by atoms with Crippen LogP contribution in [0.1, 0.15) is 13.3 Å². The van der Waals surface area contributed by atoms with Crippen molar-refractivity contribution >= 4 is 0 Å². The van der Waals surface area contributed by atoms with Crippen LogP contribution >= 0.6 is 0 Å². The van der Waals surface area contributed by atoms with E-state index in [1.165, 1.54) is 0 Å². The van der Waals surface area contributed by atoms with E-state index in [4.69, 9.17) is 14.6 Å². The Morgan fingerprint density at radius 1 is 1.00 bits per heavy atom. The summed E-state index contributed by atoms with van der Waals surface area (Å²) in [6, 6.07) is 0. The first-order chi connectivity index (χ1) is 4.91. The van der Waals surface area contributed by atoms with Gasteiger partial charge in [0.1, 0.15) is 0 Å². The van der Waals surface area contributed by atoms with Gasteiger partial charge >= 0.3 is 0 Å². The monoisotopic (exact) mass is 148 g/mol. The Bertz CT molecular complexity index is 48.8. The maximum Gasteiger partial charge on any atom is 0.0701 e. The molecule has 0 saturated heterocycles. The van der Waals surface area contributed by atoms with E-state index in [2.05, 4.69) is 6.92 Å². The molecule has 0 aromatic rings. The van der Waals surface area contributed by atoms with Gasteiger partial charge in [0, 0.05) is 6.61 Å². The molecule has 0 amide bonds. The maximum atomic E-state index is 8.30. The number of ether oxygens (including phenoxy) is 2. The Morgan fingerprint density at radius 2 is 1.60 bits per heavy atom. The molecule has 0 heterocycles. The normalized spacial score (nSPS) is 10.2. The van der Waals surface area contributed by atoms with Crippen molar-refractivity contribution in [2.45, 2.75) is 13.3 Å². The Kier molecular flexibility index (Phi) is 8.77. The van der Waals surface area contributed by atoms with Gasteiger partial charge in [0.2, 0.25) is 0 Å². The molecule has 0 aliphatic rings. The van der Waals surface area contributed by atoms with E-state index >= 15 is 0 Å². The molecule has 0 fully saturated rings. The fourth-order valence-corrected chi connectivity index (χ4v) is 0.531. The second-order valence-electron chi connectivity index (χ2n) is 1.95. The van der Waals surface area contributed by atoms with Crippen LogP contribution in [0.15, 0.2) is 0 Å². The fraction of sp³-hybridized carbons (Fsp3) is 1.00. The van der Waals surface area contributed by atoms with Crippen molar-refractivity contribution in [1.82, 2.24) is 0 Å². The molecule has 0 unspecified atom stereocenters. The highest BCUT2D eigenvalue weighted by molar-refractivity contribution is 4.30. The third kappa shape index (κ3) is 7.88. The van der Waals surface area contributed by atoms with Crippen LogP contribution in [0.4, 0.5) is 0 Å². The molecule has 0 atom stereocenters. The Morgan fingerprint density at radius 3 is 2.10 bits per heavy atom. The molecular formula is C7H16O3. The number of aliphatic hydroxyl groups excluding tert-OH is 1. The molecule has 3 heteroatoms. The Hall–Kier alpha value is -0.120. The third-order valence-electron chi connectivity index (χ3n) is 0.956. The average molecular weight is 148 g/mol. The van der Waals surface area contributed by atoms with Crippen LogP contribution in [-0.2, 0) is 9.47 Å². The van der Waals surface area contributed by atoms with Crippen molar-refractivity contribution in [2.75, 3.05) is 33.0 Å². The molecule has 0 saturated carbocycles. The van der Waals surface area contributed by atoms with Crippen molar-refractivity contribution < 1.29 is 14.6 Å². The summed E-state index contributed by atoms with van der Waals surface area (Å²) in [7, 11) is 0. The molecule has 0 aliphatic heterocycles. The van der Waals surface area contributed by atoms with E-state index < -0.39 is 0 Å². The van der Waals surface area contributed by atoms with Gasteiger partial charge in [0.15, 0.2) is 0 Å². The lowest BCUT2D eigenvalue weighted by atomic mass is 10.5. The highest BCUT2D eigenvalue weighted by atomic mass is 16.5. The third-order valence-corrected chi connectivity index (χ3v) is 0.956. The van der Waals surface area contributed by atoms with Gasteiger partial charge in [-0.2, -0.15) is 0 Å². The van der Waals surface area contributed by atoms with E-state index in [1.54, 1.807) is 0 Å². The zero-order chi connectivity index (χ0) is 7.66. The van der Waals surface area contributed by atoms with E-state index in [0.717, 1.165) is 13.0 Å². The van der Waals surface area contributed by atoms with Crippen molar-refractivity contribution in [1.29, 1.82) is 0 Å². The maximum absolute atomic E-state index is 8.30. The number of hydrogen-bond acceptors (Lipinski definition) is 3. The topological polar surface area (TPSA) is 38.7 Å². The molecule has 3 nitrogen and oxygen atoms in total. The average Bonchev–Trinajstić information content (AvgIpc) is 1.97. The molecule has 0 aromatic carbocycles. The van der Waals surface area contributed by atoms with Gasteiger partial charge in [0.25, 0.3) is 0 Å². The summed E-state index contributed by atoms with van der Waals surface area (Å²) < 4.78 is 10.1. The van der Waals surface area contributed by atoms with Crippen LogP contribution in [0.2, 0.25) is 0 Å². The van der Waals surface area contributed by atoms with Gasteiger partial charge in [0.05, 0.1) is 26.4 Å². The molecule has 62 valence electrons. The lowest BCUT2D eigenvalue weighted by Crippen LogP contribution is -2.07. The molecule has 1 N–H and O–H groups in total. The molecule has 0 radical (unpaired) electrons. The van der Waals surface area contributed by atoms with Gasteiger partial charge in [-0.1, -0.05) is 6.92 Å². The highest BCUT2D eigenvalue weighted by Crippen LogP contribution is 1.80. The molecule has 10 heavy (non-hydrogen) atoms. The summed E-state index contributed by atoms with van der Waals surface area (Å²) in [5.74, 6) is 0. The van der Waals surface area contributed by atoms with Gasteiger partial charge in [-0.3, -0.25) is 0 Å². The Balaban J connectivity index is 2.65. The van der Waals surface area contributed by atoms with Crippen LogP contribution in [0.25, 0.3) is 0 Å². The minimum absolute atomic E-state index is 0.0910. The lowest BCUT2D eigenvalue weighted by Gasteiger charge is -2.02. The Labute approximate surface area is 62.0 Å². The predicted octanol–water partition coefficient (Wildman–Crippen LogP) is 0.422. The van der Waals surface area contributed by atoms with Crippen LogP contribution in [-0.4, -0.2) is 38.1 Å². The van der Waals surface area contributed by atoms with E-state index in [9.17, 15) is 0 Å². The zero-order valence-corrected chi connectivity index (χ0v) is 6.51. The van der Waals surface area contributed by atoms with Crippen molar-refractivity contribution in [3.05, 3.63) is 0 Å². The smallest absolute Gasteiger partial charge is 0.0701 e. The molecule has 0 aliphatic carbocycles. The standard InChI is InChI=1S/C7H16O3/c1-2-4-9-6-7-10-5-3-8/h8H,2-7H2,1H3. The summed E-state index contributed by atoms with van der Waals surface area (Å²) >= 11 is 0. The first-order valence-electron chi connectivity index (χ1n) is 3.68.